The second-order valence-corrected chi connectivity index (χ2v) is 13.5. The predicted octanol–water partition coefficient (Wildman–Crippen LogP) is 6.18. The van der Waals surface area contributed by atoms with E-state index in [0.29, 0.717) is 35.1 Å². The van der Waals surface area contributed by atoms with Crippen LogP contribution >= 0.6 is 11.6 Å². The van der Waals surface area contributed by atoms with Crippen LogP contribution in [0.5, 0.6) is 5.75 Å². The van der Waals surface area contributed by atoms with Gasteiger partial charge in [0.1, 0.15) is 17.9 Å². The lowest BCUT2D eigenvalue weighted by Gasteiger charge is -2.30. The van der Waals surface area contributed by atoms with Gasteiger partial charge in [-0.3, -0.25) is 9.48 Å². The van der Waals surface area contributed by atoms with Crippen LogP contribution < -0.4 is 4.74 Å². The molecule has 1 aliphatic carbocycles. The predicted molar refractivity (Wildman–Crippen MR) is 175 cm³/mol. The minimum Gasteiger partial charge on any atom is -0.492 e. The molecule has 4 aromatic carbocycles. The van der Waals surface area contributed by atoms with E-state index >= 15 is 0 Å². The summed E-state index contributed by atoms with van der Waals surface area (Å²) in [6.07, 6.45) is 3.50. The van der Waals surface area contributed by atoms with E-state index < -0.39 is 33.4 Å². The molecule has 2 unspecified atom stereocenters. The molecule has 0 spiro atoms. The number of sulfonamides is 1. The van der Waals surface area contributed by atoms with Gasteiger partial charge in [-0.15, -0.1) is 0 Å². The first-order chi connectivity index (χ1) is 22.6. The lowest BCUT2D eigenvalue weighted by molar-refractivity contribution is -0.143. The summed E-state index contributed by atoms with van der Waals surface area (Å²) in [4.78, 5) is 24.8. The third-order valence-corrected chi connectivity index (χ3v) is 10.4. The number of carbonyl (C=O) groups is 2. The number of aliphatic carboxylic acids is 1. The van der Waals surface area contributed by atoms with E-state index in [1.54, 1.807) is 65.5 Å². The zero-order valence-electron chi connectivity index (χ0n) is 24.9. The Labute approximate surface area is 276 Å². The first-order valence-corrected chi connectivity index (χ1v) is 16.5. The van der Waals surface area contributed by atoms with Crippen molar-refractivity contribution >= 4 is 33.6 Å². The molecular weight excluding hydrogens is 642 g/mol. The number of rotatable bonds is 13. The van der Waals surface area contributed by atoms with Crippen LogP contribution in [0.1, 0.15) is 33.8 Å². The van der Waals surface area contributed by atoms with Gasteiger partial charge in [-0.2, -0.15) is 9.40 Å². The van der Waals surface area contributed by atoms with Crippen molar-refractivity contribution < 1.29 is 33.0 Å². The lowest BCUT2D eigenvalue weighted by Crippen LogP contribution is -2.48. The Kier molecular flexibility index (Phi) is 8.87. The number of aromatic carboxylic acids is 1. The molecule has 1 aromatic heterocycles. The SMILES string of the molecule is O=C(O)c1cccc(CN(C2(C(=O)O)CC2c2cccc(OCCn3cccn3)c2)S(=O)(=O)c2ccc(-c3ccc(Cl)cc3)cc2)c1. The molecule has 2 atom stereocenters. The monoisotopic (exact) mass is 671 g/mol. The first-order valence-electron chi connectivity index (χ1n) is 14.7. The second-order valence-electron chi connectivity index (χ2n) is 11.2. The highest BCUT2D eigenvalue weighted by atomic mass is 35.5. The second kappa shape index (κ2) is 13.0. The van der Waals surface area contributed by atoms with E-state index in [2.05, 4.69) is 5.10 Å². The number of hydrogen-bond acceptors (Lipinski definition) is 6. The lowest BCUT2D eigenvalue weighted by atomic mass is 10.0. The van der Waals surface area contributed by atoms with E-state index in [-0.39, 0.29) is 23.4 Å². The number of carboxylic acids is 2. The average Bonchev–Trinajstić information content (AvgIpc) is 3.62. The van der Waals surface area contributed by atoms with Crippen LogP contribution in [0.2, 0.25) is 5.02 Å². The number of aromatic nitrogens is 2. The van der Waals surface area contributed by atoms with Gasteiger partial charge in [0.2, 0.25) is 10.0 Å². The highest BCUT2D eigenvalue weighted by Crippen LogP contribution is 2.58. The van der Waals surface area contributed by atoms with Gasteiger partial charge in [0.25, 0.3) is 0 Å². The molecule has 0 bridgehead atoms. The third kappa shape index (κ3) is 6.64. The number of benzene rings is 4. The summed E-state index contributed by atoms with van der Waals surface area (Å²) in [5, 5.41) is 25.0. The quantitative estimate of drug-likeness (QED) is 0.151. The Bertz CT molecular complexity index is 2020. The molecule has 0 radical (unpaired) electrons. The Morgan fingerprint density at radius 1 is 0.936 bits per heavy atom. The van der Waals surface area contributed by atoms with Crippen LogP contribution in [0.3, 0.4) is 0 Å². The summed E-state index contributed by atoms with van der Waals surface area (Å²) < 4.78 is 37.5. The number of hydrogen-bond donors (Lipinski definition) is 2. The maximum absolute atomic E-state index is 14.4. The number of nitrogens with zero attached hydrogens (tertiary/aromatic N) is 3. The highest BCUT2D eigenvalue weighted by Gasteiger charge is 2.68. The Morgan fingerprint density at radius 2 is 1.64 bits per heavy atom. The van der Waals surface area contributed by atoms with Crippen LogP contribution in [0.15, 0.2) is 120 Å². The van der Waals surface area contributed by atoms with Gasteiger partial charge in [-0.25, -0.2) is 13.2 Å². The van der Waals surface area contributed by atoms with E-state index in [1.807, 2.05) is 24.4 Å². The smallest absolute Gasteiger partial charge is 0.335 e. The number of halogens is 1. The minimum absolute atomic E-state index is 0.0137. The summed E-state index contributed by atoms with van der Waals surface area (Å²) in [6, 6.07) is 27.9. The zero-order valence-corrected chi connectivity index (χ0v) is 26.5. The molecule has 1 aliphatic rings. The topological polar surface area (TPSA) is 139 Å². The molecular formula is C35H30ClN3O7S. The molecule has 5 aromatic rings. The molecule has 0 saturated heterocycles. The fraction of sp³-hybridized carbons (Fsp3) is 0.171. The molecule has 47 heavy (non-hydrogen) atoms. The summed E-state index contributed by atoms with van der Waals surface area (Å²) in [6.45, 7) is 0.482. The summed E-state index contributed by atoms with van der Waals surface area (Å²) >= 11 is 6.02. The van der Waals surface area contributed by atoms with Gasteiger partial charge in [0.15, 0.2) is 0 Å². The largest absolute Gasteiger partial charge is 0.492 e. The van der Waals surface area contributed by atoms with E-state index in [0.717, 1.165) is 15.4 Å². The Balaban J connectivity index is 1.34. The standard InChI is InChI=1S/C35H30ClN3O7S/c36-29-12-8-25(9-13-29)26-10-14-31(15-11-26)47(44,45)39(23-24-4-1-6-28(20-24)33(40)41)35(34(42)43)22-32(35)27-5-2-7-30(21-27)46-19-18-38-17-3-16-37-38/h1-17,20-21,32H,18-19,22-23H2,(H,40,41)(H,42,43). The van der Waals surface area contributed by atoms with Crippen LogP contribution in [0.25, 0.3) is 11.1 Å². The molecule has 0 aliphatic heterocycles. The van der Waals surface area contributed by atoms with Crippen molar-refractivity contribution in [2.24, 2.45) is 0 Å². The van der Waals surface area contributed by atoms with Crippen molar-refractivity contribution in [3.05, 3.63) is 137 Å². The van der Waals surface area contributed by atoms with Crippen LogP contribution in [0, 0.1) is 0 Å². The van der Waals surface area contributed by atoms with Crippen LogP contribution in [-0.2, 0) is 27.9 Å². The van der Waals surface area contributed by atoms with Gasteiger partial charge in [-0.1, -0.05) is 60.1 Å². The number of ether oxygens (including phenoxy) is 1. The molecule has 10 nitrogen and oxygen atoms in total. The van der Waals surface area contributed by atoms with E-state index in [9.17, 15) is 28.2 Å². The normalized spacial score (nSPS) is 17.4. The zero-order chi connectivity index (χ0) is 33.2. The van der Waals surface area contributed by atoms with Crippen molar-refractivity contribution in [2.75, 3.05) is 6.61 Å². The molecule has 0 amide bonds. The summed E-state index contributed by atoms with van der Waals surface area (Å²) in [5.74, 6) is -2.66. The molecule has 12 heteroatoms. The van der Waals surface area contributed by atoms with Gasteiger partial charge >= 0.3 is 11.9 Å². The van der Waals surface area contributed by atoms with Crippen molar-refractivity contribution in [1.82, 2.24) is 14.1 Å². The fourth-order valence-electron chi connectivity index (χ4n) is 5.77. The Hall–Kier alpha value is -4.97. The molecule has 1 fully saturated rings. The highest BCUT2D eigenvalue weighted by molar-refractivity contribution is 7.89. The van der Waals surface area contributed by atoms with Gasteiger partial charge < -0.3 is 14.9 Å². The molecule has 1 saturated carbocycles. The molecule has 2 N–H and O–H groups in total. The minimum atomic E-state index is -4.43. The first kappa shape index (κ1) is 32.0. The Morgan fingerprint density at radius 3 is 2.30 bits per heavy atom. The molecule has 240 valence electrons. The van der Waals surface area contributed by atoms with Crippen LogP contribution in [0.4, 0.5) is 0 Å². The number of carboxylic acid groups (broad SMARTS) is 2. The maximum Gasteiger partial charge on any atom is 0.335 e. The molecule has 6 rings (SSSR count). The van der Waals surface area contributed by atoms with Gasteiger partial charge in [0.05, 0.1) is 17.0 Å². The molecule has 1 heterocycles. The summed E-state index contributed by atoms with van der Waals surface area (Å²) in [7, 11) is -4.43. The van der Waals surface area contributed by atoms with Gasteiger partial charge in [-0.05, 0) is 83.3 Å². The van der Waals surface area contributed by atoms with Crippen molar-refractivity contribution in [3.63, 3.8) is 0 Å². The van der Waals surface area contributed by atoms with Crippen molar-refractivity contribution in [2.45, 2.75) is 35.9 Å². The fourth-order valence-corrected chi connectivity index (χ4v) is 7.66. The third-order valence-electron chi connectivity index (χ3n) is 8.28. The maximum atomic E-state index is 14.4. The van der Waals surface area contributed by atoms with Gasteiger partial charge in [0, 0.05) is 29.9 Å². The van der Waals surface area contributed by atoms with E-state index in [4.69, 9.17) is 16.3 Å². The average molecular weight is 672 g/mol. The van der Waals surface area contributed by atoms with Crippen molar-refractivity contribution in [1.29, 1.82) is 0 Å². The summed E-state index contributed by atoms with van der Waals surface area (Å²) in [5.41, 5.74) is 0.666. The van der Waals surface area contributed by atoms with Crippen molar-refractivity contribution in [3.8, 4) is 16.9 Å². The van der Waals surface area contributed by atoms with Crippen LogP contribution in [-0.4, -0.2) is 56.8 Å². The van der Waals surface area contributed by atoms with E-state index in [1.165, 1.54) is 30.3 Å².